The van der Waals surface area contributed by atoms with Crippen LogP contribution in [0.2, 0.25) is 0 Å². The zero-order valence-corrected chi connectivity index (χ0v) is 21.3. The third-order valence-corrected chi connectivity index (χ3v) is 8.00. The third kappa shape index (κ3) is 7.06. The van der Waals surface area contributed by atoms with Gasteiger partial charge in [-0.2, -0.15) is 39.5 Å². The molecule has 3 fully saturated rings. The van der Waals surface area contributed by atoms with Gasteiger partial charge in [-0.1, -0.05) is 6.07 Å². The number of halogens is 10. The van der Waals surface area contributed by atoms with E-state index in [9.17, 15) is 48.7 Å². The minimum Gasteiger partial charge on any atom is -0.426 e. The van der Waals surface area contributed by atoms with Gasteiger partial charge in [0.05, 0.1) is 5.56 Å². The van der Waals surface area contributed by atoms with Gasteiger partial charge in [-0.3, -0.25) is 4.90 Å². The monoisotopic (exact) mass is 593 g/mol. The Morgan fingerprint density at radius 3 is 2.02 bits per heavy atom. The Morgan fingerprint density at radius 1 is 0.900 bits per heavy atom. The van der Waals surface area contributed by atoms with Crippen molar-refractivity contribution in [3.8, 4) is 0 Å². The number of nitrogens with zero attached hydrogens (tertiary/aromatic N) is 3. The normalized spacial score (nSPS) is 21.5. The number of amides is 1. The molecule has 1 spiro atoms. The van der Waals surface area contributed by atoms with Crippen molar-refractivity contribution in [2.24, 2.45) is 5.41 Å². The van der Waals surface area contributed by atoms with Crippen molar-refractivity contribution < 1.29 is 53.4 Å². The SMILES string of the molecule is O=C(OC(C(F)(F)F)C(F)(F)F)N1CCC2(CCN(Cc3ccc(C(F)(F)F)cc3N3CCC(F)CC3)CC2)C1. The molecule has 0 atom stereocenters. The lowest BCUT2D eigenvalue weighted by molar-refractivity contribution is -0.308. The van der Waals surface area contributed by atoms with Gasteiger partial charge in [-0.05, 0) is 68.3 Å². The van der Waals surface area contributed by atoms with Crippen LogP contribution in [-0.4, -0.2) is 79.8 Å². The van der Waals surface area contributed by atoms with E-state index in [1.807, 2.05) is 4.90 Å². The van der Waals surface area contributed by atoms with Crippen LogP contribution in [0.25, 0.3) is 0 Å². The number of benzene rings is 1. The fraction of sp³-hybridized carbons (Fsp3) is 0.720. The van der Waals surface area contributed by atoms with E-state index in [2.05, 4.69) is 4.74 Å². The molecule has 3 aliphatic rings. The molecular formula is C25H29F10N3O2. The highest BCUT2D eigenvalue weighted by Crippen LogP contribution is 2.43. The number of hydrogen-bond acceptors (Lipinski definition) is 4. The molecule has 0 aliphatic carbocycles. The minimum atomic E-state index is -5.80. The molecule has 4 rings (SSSR count). The van der Waals surface area contributed by atoms with E-state index >= 15 is 0 Å². The first-order chi connectivity index (χ1) is 18.5. The van der Waals surface area contributed by atoms with Gasteiger partial charge in [0, 0.05) is 38.4 Å². The van der Waals surface area contributed by atoms with Gasteiger partial charge in [-0.25, -0.2) is 9.18 Å². The molecule has 1 aromatic rings. The van der Waals surface area contributed by atoms with Crippen LogP contribution in [0.5, 0.6) is 0 Å². The maximum atomic E-state index is 13.7. The standard InChI is InChI=1S/C25H29F10N3O2/c26-18-3-8-37(9-4-18)19-13-17(23(27,28)29)2-1-16(19)14-36-10-5-22(6-11-36)7-12-38(15-22)21(39)40-20(24(30,31)32)25(33,34)35/h1-2,13,18,20H,3-12,14-15H2. The number of hydrogen-bond donors (Lipinski definition) is 0. The van der Waals surface area contributed by atoms with Gasteiger partial charge in [0.1, 0.15) is 6.17 Å². The number of anilines is 1. The van der Waals surface area contributed by atoms with Crippen LogP contribution in [0.3, 0.4) is 0 Å². The maximum Gasteiger partial charge on any atom is 0.434 e. The minimum absolute atomic E-state index is 0.0468. The number of likely N-dealkylation sites (tertiary alicyclic amines) is 2. The smallest absolute Gasteiger partial charge is 0.426 e. The summed E-state index contributed by atoms with van der Waals surface area (Å²) in [5.41, 5.74) is -0.278. The highest BCUT2D eigenvalue weighted by atomic mass is 19.4. The van der Waals surface area contributed by atoms with Crippen molar-refractivity contribution in [2.45, 2.75) is 69.5 Å². The van der Waals surface area contributed by atoms with Gasteiger partial charge in [-0.15, -0.1) is 0 Å². The summed E-state index contributed by atoms with van der Waals surface area (Å²) >= 11 is 0. The van der Waals surface area contributed by atoms with E-state index in [0.29, 0.717) is 50.1 Å². The molecule has 0 saturated carbocycles. The molecular weight excluding hydrogens is 564 g/mol. The topological polar surface area (TPSA) is 36.0 Å². The van der Waals surface area contributed by atoms with E-state index < -0.39 is 47.9 Å². The lowest BCUT2D eigenvalue weighted by atomic mass is 9.77. The number of alkyl halides is 10. The fourth-order valence-electron chi connectivity index (χ4n) is 5.68. The average molecular weight is 594 g/mol. The largest absolute Gasteiger partial charge is 0.434 e. The molecule has 1 aromatic carbocycles. The van der Waals surface area contributed by atoms with Gasteiger partial charge >= 0.3 is 24.6 Å². The number of piperidine rings is 2. The Balaban J connectivity index is 1.38. The Bertz CT molecular complexity index is 1030. The van der Waals surface area contributed by atoms with Crippen LogP contribution in [0.15, 0.2) is 18.2 Å². The molecule has 40 heavy (non-hydrogen) atoms. The molecule has 3 heterocycles. The highest BCUT2D eigenvalue weighted by Gasteiger charge is 2.60. The molecule has 15 heteroatoms. The van der Waals surface area contributed by atoms with Gasteiger partial charge in [0.2, 0.25) is 0 Å². The lowest BCUT2D eigenvalue weighted by Crippen LogP contribution is -2.48. The second-order valence-electron chi connectivity index (χ2n) is 10.8. The molecule has 0 N–H and O–H groups in total. The van der Waals surface area contributed by atoms with Crippen LogP contribution >= 0.6 is 0 Å². The first-order valence-corrected chi connectivity index (χ1v) is 12.9. The van der Waals surface area contributed by atoms with E-state index in [0.717, 1.165) is 17.0 Å². The Hall–Kier alpha value is -2.45. The van der Waals surface area contributed by atoms with Crippen LogP contribution in [0, 0.1) is 5.41 Å². The second kappa shape index (κ2) is 11.1. The summed E-state index contributed by atoms with van der Waals surface area (Å²) < 4.78 is 134. The highest BCUT2D eigenvalue weighted by molar-refractivity contribution is 5.68. The molecule has 3 saturated heterocycles. The molecule has 0 radical (unpaired) electrons. The Morgan fingerprint density at radius 2 is 1.48 bits per heavy atom. The van der Waals surface area contributed by atoms with Gasteiger partial charge in [0.25, 0.3) is 6.10 Å². The average Bonchev–Trinajstić information content (AvgIpc) is 3.26. The zero-order chi connectivity index (χ0) is 29.5. The Labute approximate surface area is 224 Å². The first-order valence-electron chi connectivity index (χ1n) is 12.9. The molecule has 3 aliphatic heterocycles. The van der Waals surface area contributed by atoms with Crippen molar-refractivity contribution in [1.29, 1.82) is 0 Å². The van der Waals surface area contributed by atoms with Crippen LogP contribution < -0.4 is 4.90 Å². The van der Waals surface area contributed by atoms with E-state index in [1.165, 1.54) is 6.07 Å². The molecule has 0 bridgehead atoms. The summed E-state index contributed by atoms with van der Waals surface area (Å²) in [6, 6.07) is 3.49. The summed E-state index contributed by atoms with van der Waals surface area (Å²) in [6.45, 7) is 1.71. The van der Waals surface area contributed by atoms with Crippen LogP contribution in [0.1, 0.15) is 43.2 Å². The quantitative estimate of drug-likeness (QED) is 0.371. The van der Waals surface area contributed by atoms with Crippen molar-refractivity contribution in [3.05, 3.63) is 29.3 Å². The predicted molar refractivity (Wildman–Crippen MR) is 123 cm³/mol. The third-order valence-electron chi connectivity index (χ3n) is 8.00. The number of ether oxygens (including phenoxy) is 1. The van der Waals surface area contributed by atoms with Gasteiger partial charge in [0.15, 0.2) is 0 Å². The lowest BCUT2D eigenvalue weighted by Gasteiger charge is -2.40. The summed E-state index contributed by atoms with van der Waals surface area (Å²) in [5, 5.41) is 0. The Kier molecular flexibility index (Phi) is 8.46. The predicted octanol–water partition coefficient (Wildman–Crippen LogP) is 6.56. The van der Waals surface area contributed by atoms with Crippen molar-refractivity contribution in [2.75, 3.05) is 44.2 Å². The number of carbonyl (C=O) groups is 1. The zero-order valence-electron chi connectivity index (χ0n) is 21.3. The number of carbonyl (C=O) groups excluding carboxylic acids is 1. The fourth-order valence-corrected chi connectivity index (χ4v) is 5.68. The van der Waals surface area contributed by atoms with Crippen LogP contribution in [0.4, 0.5) is 54.4 Å². The number of rotatable bonds is 4. The molecule has 0 aromatic heterocycles. The summed E-state index contributed by atoms with van der Waals surface area (Å²) in [6.07, 6.45) is -21.2. The van der Waals surface area contributed by atoms with E-state index in [4.69, 9.17) is 0 Å². The second-order valence-corrected chi connectivity index (χ2v) is 10.8. The molecule has 5 nitrogen and oxygen atoms in total. The molecule has 0 unspecified atom stereocenters. The van der Waals surface area contributed by atoms with Crippen molar-refractivity contribution in [1.82, 2.24) is 9.80 Å². The molecule has 1 amide bonds. The van der Waals surface area contributed by atoms with Crippen molar-refractivity contribution in [3.63, 3.8) is 0 Å². The van der Waals surface area contributed by atoms with Crippen LogP contribution in [-0.2, 0) is 17.5 Å². The maximum absolute atomic E-state index is 13.7. The summed E-state index contributed by atoms with van der Waals surface area (Å²) in [4.78, 5) is 16.8. The summed E-state index contributed by atoms with van der Waals surface area (Å²) in [5.74, 6) is 0. The van der Waals surface area contributed by atoms with Gasteiger partial charge < -0.3 is 14.5 Å². The molecule has 226 valence electrons. The summed E-state index contributed by atoms with van der Waals surface area (Å²) in [7, 11) is 0. The van der Waals surface area contributed by atoms with E-state index in [-0.39, 0.29) is 39.0 Å². The van der Waals surface area contributed by atoms with E-state index in [1.54, 1.807) is 4.90 Å². The first kappa shape index (κ1) is 30.5. The van der Waals surface area contributed by atoms with Crippen molar-refractivity contribution >= 4 is 11.8 Å².